The summed E-state index contributed by atoms with van der Waals surface area (Å²) >= 11 is 1.81. The summed E-state index contributed by atoms with van der Waals surface area (Å²) in [4.78, 5) is 51.5. The number of hydrogen-bond acceptors (Lipinski definition) is 10. The first-order valence-electron chi connectivity index (χ1n) is 21.4. The molecule has 0 radical (unpaired) electrons. The van der Waals surface area contributed by atoms with Gasteiger partial charge in [0.05, 0.1) is 11.4 Å². The van der Waals surface area contributed by atoms with Crippen molar-refractivity contribution in [2.75, 3.05) is 31.1 Å². The SMILES string of the molecule is Nc1ncnc2c1c(-c1ccc(Oc3ccccc3)cc1)nn2C1CCN(CCCCCCCCCCCSc2cccc3c2CN(C2CCC(=O)NC2=O)C3=O)CC1. The van der Waals surface area contributed by atoms with Crippen molar-refractivity contribution in [3.63, 3.8) is 0 Å². The van der Waals surface area contributed by atoms with Crippen LogP contribution in [0.25, 0.3) is 22.3 Å². The Kier molecular flexibility index (Phi) is 13.2. The number of carbonyl (C=O) groups is 3. The van der Waals surface area contributed by atoms with Gasteiger partial charge >= 0.3 is 0 Å². The van der Waals surface area contributed by atoms with E-state index in [4.69, 9.17) is 15.6 Å². The van der Waals surface area contributed by atoms with E-state index in [1.165, 1.54) is 57.7 Å². The number of likely N-dealkylation sites (tertiary alicyclic amines) is 1. The molecule has 5 heterocycles. The predicted octanol–water partition coefficient (Wildman–Crippen LogP) is 8.57. The third-order valence-electron chi connectivity index (χ3n) is 11.9. The van der Waals surface area contributed by atoms with Crippen molar-refractivity contribution in [1.82, 2.24) is 34.9 Å². The van der Waals surface area contributed by atoms with Gasteiger partial charge in [-0.3, -0.25) is 19.7 Å². The van der Waals surface area contributed by atoms with E-state index in [9.17, 15) is 14.4 Å². The monoisotopic (exact) mass is 814 g/mol. The van der Waals surface area contributed by atoms with E-state index >= 15 is 0 Å². The number of benzene rings is 3. The quantitative estimate of drug-likeness (QED) is 0.0501. The average Bonchev–Trinajstić information content (AvgIpc) is 3.81. The molecule has 3 aliphatic rings. The lowest BCUT2D eigenvalue weighted by Crippen LogP contribution is -2.52. The summed E-state index contributed by atoms with van der Waals surface area (Å²) in [5, 5.41) is 8.30. The molecule has 0 saturated carbocycles. The Hall–Kier alpha value is -5.27. The Morgan fingerprint density at radius 3 is 2.24 bits per heavy atom. The zero-order valence-electron chi connectivity index (χ0n) is 33.7. The van der Waals surface area contributed by atoms with Crippen LogP contribution in [-0.2, 0) is 16.1 Å². The van der Waals surface area contributed by atoms with Crippen molar-refractivity contribution in [3.05, 3.63) is 90.3 Å². The number of unbranched alkanes of at least 4 members (excludes halogenated alkanes) is 8. The normalized spacial score (nSPS) is 17.5. The summed E-state index contributed by atoms with van der Waals surface area (Å²) < 4.78 is 8.09. The molecule has 3 aromatic carbocycles. The maximum Gasteiger partial charge on any atom is 0.255 e. The highest BCUT2D eigenvalue weighted by molar-refractivity contribution is 7.99. The lowest BCUT2D eigenvalue weighted by molar-refractivity contribution is -0.136. The average molecular weight is 815 g/mol. The number of thioether (sulfide) groups is 1. The Morgan fingerprint density at radius 1 is 0.780 bits per heavy atom. The number of rotatable bonds is 18. The second-order valence-corrected chi connectivity index (χ2v) is 17.1. The molecule has 2 aromatic heterocycles. The van der Waals surface area contributed by atoms with Crippen LogP contribution in [0.5, 0.6) is 11.5 Å². The number of carbonyl (C=O) groups excluding carboxylic acids is 3. The van der Waals surface area contributed by atoms with Gasteiger partial charge in [-0.15, -0.1) is 11.8 Å². The van der Waals surface area contributed by atoms with E-state index in [2.05, 4.69) is 30.9 Å². The van der Waals surface area contributed by atoms with Crippen LogP contribution in [0, 0.1) is 0 Å². The van der Waals surface area contributed by atoms with Crippen LogP contribution in [0.15, 0.2) is 84.0 Å². The van der Waals surface area contributed by atoms with Gasteiger partial charge in [0.2, 0.25) is 11.8 Å². The number of nitrogens with one attached hydrogen (secondary N) is 1. The van der Waals surface area contributed by atoms with Crippen molar-refractivity contribution >= 4 is 46.3 Å². The second-order valence-electron chi connectivity index (χ2n) is 16.0. The minimum Gasteiger partial charge on any atom is -0.457 e. The molecular weight excluding hydrogens is 761 g/mol. The molecule has 2 fully saturated rings. The van der Waals surface area contributed by atoms with E-state index in [0.717, 1.165) is 88.9 Å². The molecule has 13 heteroatoms. The summed E-state index contributed by atoms with van der Waals surface area (Å²) in [6.07, 6.45) is 15.6. The number of nitrogens with two attached hydrogens (primary N) is 1. The van der Waals surface area contributed by atoms with Gasteiger partial charge in [-0.1, -0.05) is 69.2 Å². The van der Waals surface area contributed by atoms with Crippen LogP contribution in [0.1, 0.15) is 105 Å². The Balaban J connectivity index is 0.701. The van der Waals surface area contributed by atoms with Crippen LogP contribution in [0.3, 0.4) is 0 Å². The molecule has 1 atom stereocenters. The zero-order chi connectivity index (χ0) is 40.6. The van der Waals surface area contributed by atoms with Crippen molar-refractivity contribution in [3.8, 4) is 22.8 Å². The maximum atomic E-state index is 13.1. The van der Waals surface area contributed by atoms with Gasteiger partial charge in [0.25, 0.3) is 5.91 Å². The first-order valence-corrected chi connectivity index (χ1v) is 22.4. The number of nitrogens with zero attached hydrogens (tertiary/aromatic N) is 6. The fourth-order valence-electron chi connectivity index (χ4n) is 8.69. The topological polar surface area (TPSA) is 149 Å². The fraction of sp³-hybridized carbons (Fsp3) is 0.435. The molecule has 308 valence electrons. The number of piperidine rings is 2. The summed E-state index contributed by atoms with van der Waals surface area (Å²) in [6, 6.07) is 23.3. The van der Waals surface area contributed by atoms with E-state index in [1.54, 1.807) is 4.90 Å². The summed E-state index contributed by atoms with van der Waals surface area (Å²) in [7, 11) is 0. The molecule has 3 N–H and O–H groups in total. The second kappa shape index (κ2) is 19.2. The van der Waals surface area contributed by atoms with E-state index in [-0.39, 0.29) is 30.2 Å². The van der Waals surface area contributed by atoms with Crippen molar-refractivity contribution in [2.24, 2.45) is 0 Å². The maximum absolute atomic E-state index is 13.1. The molecule has 0 bridgehead atoms. The van der Waals surface area contributed by atoms with Gasteiger partial charge < -0.3 is 20.3 Å². The third kappa shape index (κ3) is 9.63. The minimum absolute atomic E-state index is 0.108. The lowest BCUT2D eigenvalue weighted by Gasteiger charge is -2.32. The smallest absolute Gasteiger partial charge is 0.255 e. The highest BCUT2D eigenvalue weighted by atomic mass is 32.2. The highest BCUT2D eigenvalue weighted by Gasteiger charge is 2.39. The van der Waals surface area contributed by atoms with Crippen molar-refractivity contribution < 1.29 is 19.1 Å². The molecule has 12 nitrogen and oxygen atoms in total. The molecule has 59 heavy (non-hydrogen) atoms. The van der Waals surface area contributed by atoms with Gasteiger partial charge in [0.1, 0.15) is 35.4 Å². The molecule has 1 unspecified atom stereocenters. The van der Waals surface area contributed by atoms with E-state index in [1.807, 2.05) is 78.5 Å². The van der Waals surface area contributed by atoms with Gasteiger partial charge in [-0.05, 0) is 98.5 Å². The lowest BCUT2D eigenvalue weighted by atomic mass is 10.0. The molecule has 5 aromatic rings. The fourth-order valence-corrected chi connectivity index (χ4v) is 9.79. The number of hydrogen-bond donors (Lipinski definition) is 2. The van der Waals surface area contributed by atoms with Crippen LogP contribution in [-0.4, -0.2) is 78.7 Å². The van der Waals surface area contributed by atoms with Gasteiger partial charge in [-0.2, -0.15) is 5.10 Å². The molecule has 8 rings (SSSR count). The molecule has 0 spiro atoms. The van der Waals surface area contributed by atoms with Crippen LogP contribution in [0.2, 0.25) is 0 Å². The summed E-state index contributed by atoms with van der Waals surface area (Å²) in [6.45, 7) is 3.69. The minimum atomic E-state index is -0.574. The standard InChI is InChI=1S/C46H54N8O4S/c47-43-41-42(32-18-20-35(21-19-32)58-34-14-9-8-10-15-34)51-54(44(41)49-31-48-43)33-24-27-52(28-25-33)26-11-6-4-2-1-3-5-7-12-29-59-39-17-13-16-36-37(39)30-53(46(36)57)38-22-23-40(55)50-45(38)56/h8-10,13-21,31,33,38H,1-7,11-12,22-30H2,(H2,47,48,49)(H,50,55,56). The van der Waals surface area contributed by atoms with E-state index < -0.39 is 6.04 Å². The van der Waals surface area contributed by atoms with Crippen LogP contribution in [0.4, 0.5) is 5.82 Å². The van der Waals surface area contributed by atoms with Crippen molar-refractivity contribution in [2.45, 2.75) is 107 Å². The van der Waals surface area contributed by atoms with Gasteiger partial charge in [0, 0.05) is 42.1 Å². The number of anilines is 1. The Bertz CT molecular complexity index is 2240. The largest absolute Gasteiger partial charge is 0.457 e. The molecular formula is C46H54N8O4S. The number of imide groups is 1. The summed E-state index contributed by atoms with van der Waals surface area (Å²) in [5.41, 5.74) is 10.7. The Labute approximate surface area is 350 Å². The van der Waals surface area contributed by atoms with Crippen LogP contribution >= 0.6 is 11.8 Å². The molecule has 2 saturated heterocycles. The number of para-hydroxylation sites is 1. The number of amides is 3. The number of aromatic nitrogens is 4. The predicted molar refractivity (Wildman–Crippen MR) is 231 cm³/mol. The summed E-state index contributed by atoms with van der Waals surface area (Å²) in [5.74, 6) is 2.29. The zero-order valence-corrected chi connectivity index (χ0v) is 34.5. The number of fused-ring (bicyclic) bond motifs is 2. The molecule has 0 aliphatic carbocycles. The van der Waals surface area contributed by atoms with Crippen LogP contribution < -0.4 is 15.8 Å². The van der Waals surface area contributed by atoms with E-state index in [0.29, 0.717) is 24.3 Å². The molecule has 3 amide bonds. The highest BCUT2D eigenvalue weighted by Crippen LogP contribution is 2.37. The first-order chi connectivity index (χ1) is 28.9. The third-order valence-corrected chi connectivity index (χ3v) is 13.1. The Morgan fingerprint density at radius 2 is 1.49 bits per heavy atom. The van der Waals surface area contributed by atoms with Gasteiger partial charge in [-0.25, -0.2) is 14.6 Å². The van der Waals surface area contributed by atoms with Gasteiger partial charge in [0.15, 0.2) is 5.65 Å². The number of ether oxygens (including phenoxy) is 1. The number of nitrogen functional groups attached to an aromatic ring is 1. The first kappa shape index (κ1) is 40.5. The van der Waals surface area contributed by atoms with Crippen molar-refractivity contribution in [1.29, 1.82) is 0 Å². The molecule has 3 aliphatic heterocycles.